The van der Waals surface area contributed by atoms with Crippen LogP contribution in [0.25, 0.3) is 10.1 Å². The molecule has 0 aliphatic carbocycles. The van der Waals surface area contributed by atoms with Crippen molar-refractivity contribution in [1.82, 2.24) is 0 Å². The molecule has 5 heteroatoms. The Morgan fingerprint density at radius 2 is 1.80 bits per heavy atom. The molecule has 0 radical (unpaired) electrons. The Labute approximate surface area is 126 Å². The maximum absolute atomic E-state index is 13.3. The summed E-state index contributed by atoms with van der Waals surface area (Å²) in [5, 5.41) is 0.740. The number of rotatable bonds is 3. The highest BCUT2D eigenvalue weighted by Crippen LogP contribution is 2.53. The SMILES string of the molecule is CCCc1ccc2cc(C(C)C)[s+](C(F)(F)F)c2c1.[Cl-]. The summed E-state index contributed by atoms with van der Waals surface area (Å²) >= 11 is 0. The Kier molecular flexibility index (Phi) is 5.50. The van der Waals surface area contributed by atoms with Gasteiger partial charge in [0.05, 0.1) is 10.5 Å². The third-order valence-electron chi connectivity index (χ3n) is 3.17. The average molecular weight is 323 g/mol. The number of thiophene rings is 1. The normalized spacial score (nSPS) is 12.8. The minimum atomic E-state index is -4.17. The molecule has 0 nitrogen and oxygen atoms in total. The Hall–Kier alpha value is -0.740. The lowest BCUT2D eigenvalue weighted by atomic mass is 10.1. The van der Waals surface area contributed by atoms with Crippen molar-refractivity contribution >= 4 is 20.6 Å². The van der Waals surface area contributed by atoms with Crippen LogP contribution in [0.3, 0.4) is 0 Å². The highest BCUT2D eigenvalue weighted by Gasteiger charge is 2.48. The first kappa shape index (κ1) is 17.3. The van der Waals surface area contributed by atoms with Crippen molar-refractivity contribution in [2.75, 3.05) is 0 Å². The van der Waals surface area contributed by atoms with Gasteiger partial charge in [-0.3, -0.25) is 0 Å². The van der Waals surface area contributed by atoms with Crippen molar-refractivity contribution in [3.05, 3.63) is 34.7 Å². The van der Waals surface area contributed by atoms with Crippen molar-refractivity contribution in [2.24, 2.45) is 0 Å². The molecule has 2 rings (SSSR count). The van der Waals surface area contributed by atoms with Crippen molar-refractivity contribution in [2.45, 2.75) is 45.0 Å². The minimum absolute atomic E-state index is 0. The maximum atomic E-state index is 13.3. The highest BCUT2D eigenvalue weighted by molar-refractivity contribution is 7.38. The smallest absolute Gasteiger partial charge is 0.600 e. The molecule has 1 heterocycles. The number of halogens is 4. The van der Waals surface area contributed by atoms with Gasteiger partial charge in [-0.1, -0.05) is 33.3 Å². The van der Waals surface area contributed by atoms with Gasteiger partial charge in [0.2, 0.25) is 0 Å². The van der Waals surface area contributed by atoms with Gasteiger partial charge in [-0.25, -0.2) is 0 Å². The summed E-state index contributed by atoms with van der Waals surface area (Å²) in [5.74, 6) is -0.0769. The zero-order chi connectivity index (χ0) is 14.2. The van der Waals surface area contributed by atoms with E-state index >= 15 is 0 Å². The molecule has 0 aliphatic rings. The molecule has 0 spiro atoms. The van der Waals surface area contributed by atoms with Crippen molar-refractivity contribution in [3.63, 3.8) is 0 Å². The van der Waals surface area contributed by atoms with Crippen molar-refractivity contribution in [1.29, 1.82) is 0 Å². The van der Waals surface area contributed by atoms with Gasteiger partial charge < -0.3 is 12.4 Å². The molecule has 1 atom stereocenters. The van der Waals surface area contributed by atoms with E-state index in [2.05, 4.69) is 0 Å². The predicted molar refractivity (Wildman–Crippen MR) is 75.8 cm³/mol. The van der Waals surface area contributed by atoms with E-state index in [-0.39, 0.29) is 18.3 Å². The number of fused-ring (bicyclic) bond motifs is 1. The lowest BCUT2D eigenvalue weighted by molar-refractivity contribution is -0.0868. The molecule has 112 valence electrons. The highest BCUT2D eigenvalue weighted by atomic mass is 35.5. The molecule has 0 aliphatic heterocycles. The molecule has 0 amide bonds. The molecule has 1 aromatic carbocycles. The number of aryl methyl sites for hydroxylation is 1. The lowest BCUT2D eigenvalue weighted by Gasteiger charge is -2.03. The van der Waals surface area contributed by atoms with Gasteiger partial charge in [0.25, 0.3) is 0 Å². The molecule has 0 N–H and O–H groups in total. The van der Waals surface area contributed by atoms with E-state index in [0.717, 1.165) is 23.8 Å². The van der Waals surface area contributed by atoms with Gasteiger partial charge in [-0.05, 0) is 18.1 Å². The van der Waals surface area contributed by atoms with Crippen LogP contribution in [0.5, 0.6) is 0 Å². The van der Waals surface area contributed by atoms with E-state index in [9.17, 15) is 13.2 Å². The third-order valence-corrected chi connectivity index (χ3v) is 5.49. The standard InChI is InChI=1S/C15H18F3S.ClH/c1-4-5-11-6-7-12-9-13(10(2)3)19(14(12)8-11)15(16,17)18;/h6-10H,4-5H2,1-3H3;1H/q+1;/p-1. The molecule has 0 saturated carbocycles. The van der Waals surface area contributed by atoms with Gasteiger partial charge in [0.1, 0.15) is 0 Å². The fourth-order valence-corrected chi connectivity index (χ4v) is 4.44. The summed E-state index contributed by atoms with van der Waals surface area (Å²) in [6.07, 6.45) is 1.78. The zero-order valence-corrected chi connectivity index (χ0v) is 13.3. The summed E-state index contributed by atoms with van der Waals surface area (Å²) in [5.41, 5.74) is -3.17. The van der Waals surface area contributed by atoms with Crippen LogP contribution in [0, 0.1) is 0 Å². The minimum Gasteiger partial charge on any atom is -1.00 e. The second-order valence-corrected chi connectivity index (χ2v) is 7.06. The van der Waals surface area contributed by atoms with Crippen LogP contribution < -0.4 is 12.4 Å². The van der Waals surface area contributed by atoms with Crippen molar-refractivity contribution in [3.8, 4) is 0 Å². The Morgan fingerprint density at radius 3 is 2.30 bits per heavy atom. The van der Waals surface area contributed by atoms with Crippen LogP contribution in [0.15, 0.2) is 24.3 Å². The Bertz CT molecular complexity index is 585. The van der Waals surface area contributed by atoms with Crippen LogP contribution >= 0.6 is 10.5 Å². The summed E-state index contributed by atoms with van der Waals surface area (Å²) in [4.78, 5) is 0.510. The van der Waals surface area contributed by atoms with E-state index in [1.165, 1.54) is 0 Å². The zero-order valence-electron chi connectivity index (χ0n) is 11.7. The van der Waals surface area contributed by atoms with Crippen molar-refractivity contribution < 1.29 is 25.6 Å². The largest absolute Gasteiger partial charge is 1.00 e. The first-order valence-corrected chi connectivity index (χ1v) is 7.72. The van der Waals surface area contributed by atoms with Crippen LogP contribution in [0.2, 0.25) is 0 Å². The van der Waals surface area contributed by atoms with E-state index in [0.29, 0.717) is 9.58 Å². The molecule has 1 unspecified atom stereocenters. The summed E-state index contributed by atoms with van der Waals surface area (Å²) in [6, 6.07) is 7.26. The summed E-state index contributed by atoms with van der Waals surface area (Å²) < 4.78 is 40.5. The summed E-state index contributed by atoms with van der Waals surface area (Å²) in [7, 11) is -1.74. The summed E-state index contributed by atoms with van der Waals surface area (Å²) in [6.45, 7) is 5.70. The van der Waals surface area contributed by atoms with E-state index in [1.54, 1.807) is 12.1 Å². The number of alkyl halides is 3. The molecule has 0 fully saturated rings. The maximum Gasteiger partial charge on any atom is 0.600 e. The molecular formula is C15H18ClF3S. The number of hydrogen-bond donors (Lipinski definition) is 0. The van der Waals surface area contributed by atoms with Crippen LogP contribution in [-0.2, 0) is 11.9 Å². The van der Waals surface area contributed by atoms with Gasteiger partial charge in [0.15, 0.2) is 9.58 Å². The van der Waals surface area contributed by atoms with Crippen LogP contribution in [0.1, 0.15) is 43.6 Å². The number of benzene rings is 1. The third kappa shape index (κ3) is 3.29. The van der Waals surface area contributed by atoms with Gasteiger partial charge in [-0.15, -0.1) is 13.2 Å². The Morgan fingerprint density at radius 1 is 1.15 bits per heavy atom. The molecule has 20 heavy (non-hydrogen) atoms. The van der Waals surface area contributed by atoms with Gasteiger partial charge in [0, 0.05) is 23.4 Å². The number of hydrogen-bond acceptors (Lipinski definition) is 0. The fraction of sp³-hybridized carbons (Fsp3) is 0.467. The topological polar surface area (TPSA) is 0 Å². The van der Waals surface area contributed by atoms with E-state index in [1.807, 2.05) is 32.9 Å². The average Bonchev–Trinajstić information content (AvgIpc) is 2.67. The van der Waals surface area contributed by atoms with Crippen LogP contribution in [0.4, 0.5) is 13.2 Å². The second-order valence-electron chi connectivity index (χ2n) is 5.08. The van der Waals surface area contributed by atoms with Gasteiger partial charge >= 0.3 is 5.51 Å². The predicted octanol–water partition coefficient (Wildman–Crippen LogP) is 3.15. The Balaban J connectivity index is 0.00000200. The fourth-order valence-electron chi connectivity index (χ4n) is 2.32. The first-order chi connectivity index (χ1) is 8.84. The van der Waals surface area contributed by atoms with Crippen LogP contribution in [-0.4, -0.2) is 0 Å². The molecule has 1 aromatic heterocycles. The molecule has 2 aromatic rings. The molecular weight excluding hydrogens is 305 g/mol. The second kappa shape index (κ2) is 6.35. The first-order valence-electron chi connectivity index (χ1n) is 6.50. The molecule has 0 saturated heterocycles. The van der Waals surface area contributed by atoms with E-state index < -0.39 is 16.0 Å². The quantitative estimate of drug-likeness (QED) is 0.762. The molecule has 0 bridgehead atoms. The van der Waals surface area contributed by atoms with Gasteiger partial charge in [-0.2, -0.15) is 0 Å². The lowest BCUT2D eigenvalue weighted by Crippen LogP contribution is -3.00. The van der Waals surface area contributed by atoms with E-state index in [4.69, 9.17) is 0 Å². The monoisotopic (exact) mass is 322 g/mol.